The molecule has 0 N–H and O–H groups in total. The summed E-state index contributed by atoms with van der Waals surface area (Å²) in [6, 6.07) is 0. The molecule has 0 nitrogen and oxygen atoms in total. The number of allylic oxidation sites excluding steroid dienone is 4. The Morgan fingerprint density at radius 3 is 1.50 bits per heavy atom. The third kappa shape index (κ3) is 2.69. The third-order valence-corrected chi connectivity index (χ3v) is 3.40. The van der Waals surface area contributed by atoms with E-state index in [1.54, 1.807) is 5.41 Å². The van der Waals surface area contributed by atoms with Crippen LogP contribution in [-0.4, -0.2) is 0 Å². The number of rotatable bonds is 0. The van der Waals surface area contributed by atoms with Crippen LogP contribution in [-0.2, 0) is 0 Å². The van der Waals surface area contributed by atoms with Gasteiger partial charge in [-0.15, -0.1) is 0 Å². The van der Waals surface area contributed by atoms with Gasteiger partial charge in [-0.3, -0.25) is 0 Å². The van der Waals surface area contributed by atoms with Gasteiger partial charge in [0.15, 0.2) is 0 Å². The summed E-state index contributed by atoms with van der Waals surface area (Å²) in [5, 5.41) is 7.29. The molecule has 1 rings (SSSR count). The van der Waals surface area contributed by atoms with E-state index < -0.39 is 0 Å². The van der Waals surface area contributed by atoms with E-state index in [0.29, 0.717) is 0 Å². The first-order valence-electron chi connectivity index (χ1n) is 4.10. The molecule has 1 aliphatic rings. The predicted octanol–water partition coefficient (Wildman–Crippen LogP) is 4.04. The zero-order valence-corrected chi connectivity index (χ0v) is 11.1. The van der Waals surface area contributed by atoms with Gasteiger partial charge >= 0.3 is 0 Å². The van der Waals surface area contributed by atoms with Crippen LogP contribution < -0.4 is 0 Å². The SMILES string of the molecule is SC=C1CC(=CS)C(=CS)C(=CS)C1. The zero-order valence-electron chi connectivity index (χ0n) is 7.51. The zero-order chi connectivity index (χ0) is 10.6. The molecule has 0 unspecified atom stereocenters. The van der Waals surface area contributed by atoms with Crippen LogP contribution in [0.3, 0.4) is 0 Å². The molecule has 0 saturated heterocycles. The summed E-state index contributed by atoms with van der Waals surface area (Å²) in [4.78, 5) is 0. The third-order valence-electron chi connectivity index (χ3n) is 2.15. The predicted molar refractivity (Wildman–Crippen MR) is 77.5 cm³/mol. The molecular weight excluding hydrogens is 248 g/mol. The standard InChI is InChI=1S/C10H12S4/c11-3-7-1-8(4-12)10(6-14)9(2-7)5-13/h3-6,11-14H,1-2H2. The molecule has 0 bridgehead atoms. The Morgan fingerprint density at radius 1 is 0.714 bits per heavy atom. The van der Waals surface area contributed by atoms with Crippen molar-refractivity contribution < 1.29 is 0 Å². The minimum absolute atomic E-state index is 0.893. The molecule has 14 heavy (non-hydrogen) atoms. The fourth-order valence-corrected chi connectivity index (χ4v) is 2.41. The summed E-state index contributed by atoms with van der Waals surface area (Å²) in [6.07, 6.45) is 1.79. The molecule has 0 heterocycles. The van der Waals surface area contributed by atoms with Gasteiger partial charge in [0.05, 0.1) is 0 Å². The van der Waals surface area contributed by atoms with Gasteiger partial charge < -0.3 is 0 Å². The van der Waals surface area contributed by atoms with Crippen LogP contribution in [0.5, 0.6) is 0 Å². The van der Waals surface area contributed by atoms with E-state index in [4.69, 9.17) is 0 Å². The molecule has 0 aromatic heterocycles. The number of thiol groups is 4. The van der Waals surface area contributed by atoms with Crippen LogP contribution in [0.25, 0.3) is 0 Å². The fraction of sp³-hybridized carbons (Fsp3) is 0.200. The van der Waals surface area contributed by atoms with Crippen molar-refractivity contribution in [2.24, 2.45) is 0 Å². The van der Waals surface area contributed by atoms with Gasteiger partial charge in [0.1, 0.15) is 0 Å². The van der Waals surface area contributed by atoms with Crippen molar-refractivity contribution in [2.75, 3.05) is 0 Å². The molecule has 0 aliphatic heterocycles. The molecule has 1 fully saturated rings. The van der Waals surface area contributed by atoms with E-state index in [0.717, 1.165) is 29.6 Å². The lowest BCUT2D eigenvalue weighted by Gasteiger charge is -2.22. The molecule has 76 valence electrons. The second-order valence-corrected chi connectivity index (χ2v) is 4.03. The molecule has 0 amide bonds. The van der Waals surface area contributed by atoms with Crippen LogP contribution in [0.15, 0.2) is 43.9 Å². The Balaban J connectivity index is 3.11. The first-order valence-corrected chi connectivity index (χ1v) is 6.17. The second kappa shape index (κ2) is 6.05. The van der Waals surface area contributed by atoms with Crippen LogP contribution in [0.2, 0.25) is 0 Å². The highest BCUT2D eigenvalue weighted by molar-refractivity contribution is 7.84. The van der Waals surface area contributed by atoms with Crippen molar-refractivity contribution in [1.29, 1.82) is 0 Å². The molecule has 1 saturated carbocycles. The van der Waals surface area contributed by atoms with E-state index in [1.165, 1.54) is 5.57 Å². The first kappa shape index (κ1) is 12.4. The molecule has 0 atom stereocenters. The molecule has 1 aliphatic carbocycles. The Bertz CT molecular complexity index is 308. The number of hydrogen-bond acceptors (Lipinski definition) is 4. The topological polar surface area (TPSA) is 0 Å². The summed E-state index contributed by atoms with van der Waals surface area (Å²) in [5.74, 6) is 0. The molecule has 0 radical (unpaired) electrons. The van der Waals surface area contributed by atoms with Gasteiger partial charge in [-0.05, 0) is 51.2 Å². The Morgan fingerprint density at radius 2 is 1.21 bits per heavy atom. The van der Waals surface area contributed by atoms with E-state index in [9.17, 15) is 0 Å². The lowest BCUT2D eigenvalue weighted by Crippen LogP contribution is -2.04. The highest BCUT2D eigenvalue weighted by atomic mass is 32.1. The maximum atomic E-state index is 4.20. The highest BCUT2D eigenvalue weighted by Gasteiger charge is 2.18. The van der Waals surface area contributed by atoms with Gasteiger partial charge in [-0.25, -0.2) is 0 Å². The van der Waals surface area contributed by atoms with Crippen molar-refractivity contribution >= 4 is 50.5 Å². The quantitative estimate of drug-likeness (QED) is 0.464. The minimum atomic E-state index is 0.893. The van der Waals surface area contributed by atoms with Gasteiger partial charge in [-0.2, -0.15) is 50.5 Å². The molecule has 0 spiro atoms. The Labute approximate surface area is 107 Å². The molecule has 0 aromatic carbocycles. The van der Waals surface area contributed by atoms with E-state index >= 15 is 0 Å². The Hall–Kier alpha value is 0.360. The van der Waals surface area contributed by atoms with Crippen molar-refractivity contribution in [3.8, 4) is 0 Å². The average molecular weight is 260 g/mol. The van der Waals surface area contributed by atoms with Gasteiger partial charge in [0, 0.05) is 0 Å². The molecule has 4 heteroatoms. The van der Waals surface area contributed by atoms with Gasteiger partial charge in [0.2, 0.25) is 0 Å². The average Bonchev–Trinajstić information content (AvgIpc) is 2.26. The van der Waals surface area contributed by atoms with E-state index in [-0.39, 0.29) is 0 Å². The summed E-state index contributed by atoms with van der Waals surface area (Å²) < 4.78 is 0. The summed E-state index contributed by atoms with van der Waals surface area (Å²) in [5.41, 5.74) is 4.72. The maximum absolute atomic E-state index is 4.20. The van der Waals surface area contributed by atoms with Crippen molar-refractivity contribution in [3.63, 3.8) is 0 Å². The van der Waals surface area contributed by atoms with Crippen molar-refractivity contribution in [2.45, 2.75) is 12.8 Å². The van der Waals surface area contributed by atoms with Crippen LogP contribution >= 0.6 is 50.5 Å². The van der Waals surface area contributed by atoms with Gasteiger partial charge in [-0.1, -0.05) is 5.57 Å². The normalized spacial score (nSPS) is 23.1. The van der Waals surface area contributed by atoms with E-state index in [2.05, 4.69) is 50.5 Å². The van der Waals surface area contributed by atoms with Gasteiger partial charge in [0.25, 0.3) is 0 Å². The van der Waals surface area contributed by atoms with E-state index in [1.807, 2.05) is 16.2 Å². The van der Waals surface area contributed by atoms with Crippen LogP contribution in [0.1, 0.15) is 12.8 Å². The van der Waals surface area contributed by atoms with Crippen molar-refractivity contribution in [3.05, 3.63) is 43.9 Å². The molecule has 0 aromatic rings. The summed E-state index contributed by atoms with van der Waals surface area (Å²) in [6.45, 7) is 0. The summed E-state index contributed by atoms with van der Waals surface area (Å²) >= 11 is 16.8. The summed E-state index contributed by atoms with van der Waals surface area (Å²) in [7, 11) is 0. The highest BCUT2D eigenvalue weighted by Crippen LogP contribution is 2.37. The smallest absolute Gasteiger partial charge is 0.00444 e. The lowest BCUT2D eigenvalue weighted by molar-refractivity contribution is 0.971. The monoisotopic (exact) mass is 260 g/mol. The Kier molecular flexibility index (Phi) is 5.38. The second-order valence-electron chi connectivity index (χ2n) is 2.99. The maximum Gasteiger partial charge on any atom is -0.00444 e. The molecular formula is C10H12S4. The minimum Gasteiger partial charge on any atom is -0.151 e. The largest absolute Gasteiger partial charge is 0.151 e. The van der Waals surface area contributed by atoms with Crippen LogP contribution in [0, 0.1) is 0 Å². The van der Waals surface area contributed by atoms with Crippen LogP contribution in [0.4, 0.5) is 0 Å². The fourth-order valence-electron chi connectivity index (χ4n) is 1.44. The number of hydrogen-bond donors (Lipinski definition) is 4. The van der Waals surface area contributed by atoms with Crippen molar-refractivity contribution in [1.82, 2.24) is 0 Å². The first-order chi connectivity index (χ1) is 6.76. The lowest BCUT2D eigenvalue weighted by atomic mass is 9.85.